The zero-order valence-electron chi connectivity index (χ0n) is 20.9. The summed E-state index contributed by atoms with van der Waals surface area (Å²) in [6.45, 7) is 2.21. The Balaban J connectivity index is 1.07. The van der Waals surface area contributed by atoms with Crippen molar-refractivity contribution in [2.24, 2.45) is 0 Å². The minimum absolute atomic E-state index is 0.0144. The number of hydrogen-bond donors (Lipinski definition) is 1. The van der Waals surface area contributed by atoms with Crippen LogP contribution in [-0.2, 0) is 13.1 Å². The van der Waals surface area contributed by atoms with E-state index in [1.54, 1.807) is 12.3 Å². The van der Waals surface area contributed by atoms with Crippen molar-refractivity contribution in [3.8, 4) is 17.0 Å². The topological polar surface area (TPSA) is 54.5 Å². The summed E-state index contributed by atoms with van der Waals surface area (Å²) in [5.74, 6) is -1.19. The van der Waals surface area contributed by atoms with Crippen molar-refractivity contribution in [2.45, 2.75) is 32.0 Å². The Morgan fingerprint density at radius 3 is 2.34 bits per heavy atom. The molecule has 38 heavy (non-hydrogen) atoms. The number of pyridine rings is 1. The van der Waals surface area contributed by atoms with Crippen LogP contribution in [0, 0.1) is 11.6 Å². The first-order chi connectivity index (χ1) is 18.5. The van der Waals surface area contributed by atoms with E-state index in [1.165, 1.54) is 6.07 Å². The molecule has 0 saturated carbocycles. The summed E-state index contributed by atoms with van der Waals surface area (Å²) in [6, 6.07) is 25.6. The highest BCUT2D eigenvalue weighted by Gasteiger charge is 2.22. The lowest BCUT2D eigenvalue weighted by Gasteiger charge is -2.32. The molecule has 1 N–H and O–H groups in total. The molecule has 194 valence electrons. The van der Waals surface area contributed by atoms with Crippen molar-refractivity contribution in [3.63, 3.8) is 0 Å². The van der Waals surface area contributed by atoms with Gasteiger partial charge in [-0.2, -0.15) is 0 Å². The fourth-order valence-corrected chi connectivity index (χ4v) is 4.58. The average molecular weight is 514 g/mol. The minimum atomic E-state index is -0.813. The predicted molar refractivity (Wildman–Crippen MR) is 143 cm³/mol. The first-order valence-corrected chi connectivity index (χ1v) is 12.8. The largest absolute Gasteiger partial charge is 0.474 e. The number of halogens is 2. The normalized spacial score (nSPS) is 14.3. The van der Waals surface area contributed by atoms with Crippen LogP contribution in [0.25, 0.3) is 11.1 Å². The van der Waals surface area contributed by atoms with Gasteiger partial charge in [0, 0.05) is 49.6 Å². The maximum absolute atomic E-state index is 14.0. The zero-order chi connectivity index (χ0) is 26.3. The van der Waals surface area contributed by atoms with Crippen LogP contribution in [0.3, 0.4) is 0 Å². The highest BCUT2D eigenvalue weighted by Crippen LogP contribution is 2.21. The SMILES string of the molecule is O=C(NCc1ccc(OC2CCN(Cc3cccc(F)c3F)CC2)nc1)c1ccc(-c2ccccc2)cc1. The molecule has 1 saturated heterocycles. The summed E-state index contributed by atoms with van der Waals surface area (Å²) >= 11 is 0. The van der Waals surface area contributed by atoms with Gasteiger partial charge >= 0.3 is 0 Å². The van der Waals surface area contributed by atoms with Crippen LogP contribution in [-0.4, -0.2) is 35.0 Å². The van der Waals surface area contributed by atoms with Crippen molar-refractivity contribution in [2.75, 3.05) is 13.1 Å². The molecule has 0 unspecified atom stereocenters. The monoisotopic (exact) mass is 513 g/mol. The van der Waals surface area contributed by atoms with Crippen LogP contribution >= 0.6 is 0 Å². The van der Waals surface area contributed by atoms with E-state index < -0.39 is 11.6 Å². The van der Waals surface area contributed by atoms with Crippen LogP contribution in [0.1, 0.15) is 34.3 Å². The smallest absolute Gasteiger partial charge is 0.251 e. The lowest BCUT2D eigenvalue weighted by Crippen LogP contribution is -2.38. The maximum atomic E-state index is 14.0. The Morgan fingerprint density at radius 2 is 1.63 bits per heavy atom. The van der Waals surface area contributed by atoms with Crippen LogP contribution in [0.15, 0.2) is 91.1 Å². The summed E-state index contributed by atoms with van der Waals surface area (Å²) in [6.07, 6.45) is 3.27. The van der Waals surface area contributed by atoms with Crippen LogP contribution < -0.4 is 10.1 Å². The Hall–Kier alpha value is -4.10. The highest BCUT2D eigenvalue weighted by atomic mass is 19.2. The zero-order valence-corrected chi connectivity index (χ0v) is 20.9. The second-order valence-electron chi connectivity index (χ2n) is 9.44. The molecule has 1 aliphatic rings. The van der Waals surface area contributed by atoms with Gasteiger partial charge in [-0.05, 0) is 47.7 Å². The van der Waals surface area contributed by atoms with E-state index in [-0.39, 0.29) is 12.0 Å². The fraction of sp³-hybridized carbons (Fsp3) is 0.226. The lowest BCUT2D eigenvalue weighted by molar-refractivity contribution is 0.0925. The number of nitrogens with one attached hydrogen (secondary N) is 1. The second kappa shape index (κ2) is 12.0. The van der Waals surface area contributed by atoms with Gasteiger partial charge < -0.3 is 10.1 Å². The van der Waals surface area contributed by atoms with E-state index in [0.29, 0.717) is 30.1 Å². The van der Waals surface area contributed by atoms with Gasteiger partial charge in [0.25, 0.3) is 5.91 Å². The number of piperidine rings is 1. The molecule has 2 heterocycles. The Labute approximate surface area is 221 Å². The number of aromatic nitrogens is 1. The molecule has 5 rings (SSSR count). The number of ether oxygens (including phenoxy) is 1. The molecular formula is C31H29F2N3O2. The van der Waals surface area contributed by atoms with Crippen molar-refractivity contribution in [3.05, 3.63) is 119 Å². The first-order valence-electron chi connectivity index (χ1n) is 12.8. The third kappa shape index (κ3) is 6.42. The molecule has 5 nitrogen and oxygen atoms in total. The van der Waals surface area contributed by atoms with Crippen molar-refractivity contribution >= 4 is 5.91 Å². The molecule has 3 aromatic carbocycles. The van der Waals surface area contributed by atoms with Crippen molar-refractivity contribution < 1.29 is 18.3 Å². The lowest BCUT2D eigenvalue weighted by atomic mass is 10.0. The number of amides is 1. The molecule has 1 aliphatic heterocycles. The molecule has 0 aliphatic carbocycles. The maximum Gasteiger partial charge on any atom is 0.251 e. The van der Waals surface area contributed by atoms with E-state index in [2.05, 4.69) is 15.2 Å². The summed E-state index contributed by atoms with van der Waals surface area (Å²) in [7, 11) is 0. The van der Waals surface area contributed by atoms with Crippen LogP contribution in [0.5, 0.6) is 5.88 Å². The van der Waals surface area contributed by atoms with E-state index in [1.807, 2.05) is 66.7 Å². The van der Waals surface area contributed by atoms with E-state index >= 15 is 0 Å². The van der Waals surface area contributed by atoms with E-state index in [0.717, 1.165) is 48.7 Å². The molecule has 4 aromatic rings. The second-order valence-corrected chi connectivity index (χ2v) is 9.44. The first kappa shape index (κ1) is 25.5. The third-order valence-electron chi connectivity index (χ3n) is 6.75. The summed E-state index contributed by atoms with van der Waals surface area (Å²) < 4.78 is 33.4. The van der Waals surface area contributed by atoms with Gasteiger partial charge in [-0.15, -0.1) is 0 Å². The molecule has 1 amide bonds. The van der Waals surface area contributed by atoms with E-state index in [4.69, 9.17) is 4.74 Å². The minimum Gasteiger partial charge on any atom is -0.474 e. The summed E-state index contributed by atoms with van der Waals surface area (Å²) in [5.41, 5.74) is 4.02. The summed E-state index contributed by atoms with van der Waals surface area (Å²) in [5, 5.41) is 2.93. The molecular weight excluding hydrogens is 484 g/mol. The number of rotatable bonds is 8. The van der Waals surface area contributed by atoms with Gasteiger partial charge in [-0.3, -0.25) is 9.69 Å². The quantitative estimate of drug-likeness (QED) is 0.314. The van der Waals surface area contributed by atoms with Gasteiger partial charge in [0.2, 0.25) is 5.88 Å². The molecule has 0 bridgehead atoms. The average Bonchev–Trinajstić information content (AvgIpc) is 2.96. The Bertz CT molecular complexity index is 1350. The standard InChI is InChI=1S/C31H29F2N3O2/c32-28-8-4-7-26(30(28)33)21-36-17-15-27(16-18-36)38-29-14-9-22(19-34-29)20-35-31(37)25-12-10-24(11-13-25)23-5-2-1-3-6-23/h1-14,19,27H,15-18,20-21H2,(H,35,37). The molecule has 1 fully saturated rings. The third-order valence-corrected chi connectivity index (χ3v) is 6.75. The Morgan fingerprint density at radius 1 is 0.895 bits per heavy atom. The van der Waals surface area contributed by atoms with Gasteiger partial charge in [0.05, 0.1) is 0 Å². The number of carbonyl (C=O) groups excluding carboxylic acids is 1. The summed E-state index contributed by atoms with van der Waals surface area (Å²) in [4.78, 5) is 19.1. The van der Waals surface area contributed by atoms with Gasteiger partial charge in [-0.1, -0.05) is 60.7 Å². The van der Waals surface area contributed by atoms with Gasteiger partial charge in [-0.25, -0.2) is 13.8 Å². The Kier molecular flexibility index (Phi) is 8.04. The van der Waals surface area contributed by atoms with Gasteiger partial charge in [0.1, 0.15) is 6.10 Å². The number of nitrogens with zero attached hydrogens (tertiary/aromatic N) is 2. The molecule has 0 atom stereocenters. The van der Waals surface area contributed by atoms with Crippen LogP contribution in [0.2, 0.25) is 0 Å². The van der Waals surface area contributed by atoms with Crippen molar-refractivity contribution in [1.82, 2.24) is 15.2 Å². The number of likely N-dealkylation sites (tertiary alicyclic amines) is 1. The van der Waals surface area contributed by atoms with Gasteiger partial charge in [0.15, 0.2) is 11.6 Å². The molecule has 0 radical (unpaired) electrons. The number of hydrogen-bond acceptors (Lipinski definition) is 4. The number of benzene rings is 3. The number of carbonyl (C=O) groups is 1. The van der Waals surface area contributed by atoms with Crippen molar-refractivity contribution in [1.29, 1.82) is 0 Å². The fourth-order valence-electron chi connectivity index (χ4n) is 4.58. The molecule has 0 spiro atoms. The predicted octanol–water partition coefficient (Wildman–Crippen LogP) is 6.00. The van der Waals surface area contributed by atoms with Crippen LogP contribution in [0.4, 0.5) is 8.78 Å². The van der Waals surface area contributed by atoms with E-state index in [9.17, 15) is 13.6 Å². The molecule has 7 heteroatoms. The molecule has 1 aromatic heterocycles. The highest BCUT2D eigenvalue weighted by molar-refractivity contribution is 5.94.